The summed E-state index contributed by atoms with van der Waals surface area (Å²) in [5, 5.41) is 12.2. The molecule has 0 bridgehead atoms. The number of nitrogens with zero attached hydrogens (tertiary/aromatic N) is 3. The highest BCUT2D eigenvalue weighted by Gasteiger charge is 2.32. The van der Waals surface area contributed by atoms with E-state index in [1.54, 1.807) is 4.90 Å². The molecule has 1 aliphatic rings. The molecular formula is C19H16ClN3O5S2. The van der Waals surface area contributed by atoms with E-state index >= 15 is 0 Å². The van der Waals surface area contributed by atoms with Gasteiger partial charge >= 0.3 is 0 Å². The van der Waals surface area contributed by atoms with Crippen LogP contribution < -0.4 is 0 Å². The monoisotopic (exact) mass is 465 g/mol. The zero-order chi connectivity index (χ0) is 21.5. The molecule has 8 nitrogen and oxygen atoms in total. The van der Waals surface area contributed by atoms with E-state index in [0.29, 0.717) is 9.90 Å². The van der Waals surface area contributed by atoms with E-state index in [2.05, 4.69) is 0 Å². The lowest BCUT2D eigenvalue weighted by Crippen LogP contribution is -2.50. The molecule has 0 saturated carbocycles. The number of carbonyl (C=O) groups is 1. The number of rotatable bonds is 4. The predicted octanol–water partition coefficient (Wildman–Crippen LogP) is 3.61. The van der Waals surface area contributed by atoms with E-state index in [9.17, 15) is 23.3 Å². The number of benzene rings is 2. The minimum absolute atomic E-state index is 0.0965. The number of non-ortho nitro benzene ring substituents is 1. The van der Waals surface area contributed by atoms with Crippen LogP contribution in [0.15, 0.2) is 53.4 Å². The third kappa shape index (κ3) is 3.67. The van der Waals surface area contributed by atoms with Gasteiger partial charge in [0.15, 0.2) is 0 Å². The van der Waals surface area contributed by atoms with Crippen molar-refractivity contribution in [2.24, 2.45) is 0 Å². The normalized spacial score (nSPS) is 15.4. The molecule has 3 aromatic rings. The topological polar surface area (TPSA) is 101 Å². The summed E-state index contributed by atoms with van der Waals surface area (Å²) in [6.45, 7) is 0.605. The van der Waals surface area contributed by atoms with Crippen molar-refractivity contribution in [3.05, 3.63) is 68.5 Å². The summed E-state index contributed by atoms with van der Waals surface area (Å²) in [7, 11) is -3.89. The van der Waals surface area contributed by atoms with Crippen LogP contribution in [0, 0.1) is 10.1 Å². The molecule has 1 fully saturated rings. The van der Waals surface area contributed by atoms with Crippen LogP contribution in [0.25, 0.3) is 10.1 Å². The first-order valence-electron chi connectivity index (χ1n) is 9.00. The van der Waals surface area contributed by atoms with Crippen molar-refractivity contribution in [2.45, 2.75) is 4.90 Å². The first-order valence-corrected chi connectivity index (χ1v) is 11.6. The van der Waals surface area contributed by atoms with Gasteiger partial charge < -0.3 is 4.90 Å². The van der Waals surface area contributed by atoms with Gasteiger partial charge in [-0.3, -0.25) is 14.9 Å². The number of nitro benzene ring substituents is 1. The third-order valence-electron chi connectivity index (χ3n) is 4.92. The van der Waals surface area contributed by atoms with Crippen molar-refractivity contribution in [2.75, 3.05) is 26.2 Å². The minimum Gasteiger partial charge on any atom is -0.335 e. The highest BCUT2D eigenvalue weighted by molar-refractivity contribution is 7.89. The fourth-order valence-corrected chi connectivity index (χ4v) is 6.28. The molecule has 0 aliphatic carbocycles. The zero-order valence-corrected chi connectivity index (χ0v) is 17.9. The molecule has 156 valence electrons. The molecule has 30 heavy (non-hydrogen) atoms. The maximum absolute atomic E-state index is 12.9. The fourth-order valence-electron chi connectivity index (χ4n) is 3.33. The van der Waals surface area contributed by atoms with E-state index in [1.807, 2.05) is 24.3 Å². The standard InChI is InChI=1S/C19H16ClN3O5S2/c20-17-15-6-1-2-7-16(15)29-18(17)19(24)21-8-10-22(11-9-21)30(27,28)14-5-3-4-13(12-14)23(25)26/h1-7,12H,8-11H2. The highest BCUT2D eigenvalue weighted by atomic mass is 35.5. The van der Waals surface area contributed by atoms with Gasteiger partial charge in [-0.2, -0.15) is 4.31 Å². The van der Waals surface area contributed by atoms with Gasteiger partial charge in [0.2, 0.25) is 10.0 Å². The Balaban J connectivity index is 1.50. The van der Waals surface area contributed by atoms with E-state index in [1.165, 1.54) is 33.8 Å². The molecule has 0 unspecified atom stereocenters. The number of thiophene rings is 1. The summed E-state index contributed by atoms with van der Waals surface area (Å²) in [6, 6.07) is 12.4. The number of hydrogen-bond donors (Lipinski definition) is 0. The van der Waals surface area contributed by atoms with Crippen LogP contribution in [-0.4, -0.2) is 54.6 Å². The van der Waals surface area contributed by atoms with Crippen molar-refractivity contribution in [3.8, 4) is 0 Å². The predicted molar refractivity (Wildman–Crippen MR) is 115 cm³/mol. The lowest BCUT2D eigenvalue weighted by atomic mass is 10.2. The lowest BCUT2D eigenvalue weighted by molar-refractivity contribution is -0.385. The van der Waals surface area contributed by atoms with Gasteiger partial charge in [-0.15, -0.1) is 11.3 Å². The summed E-state index contributed by atoms with van der Waals surface area (Å²) >= 11 is 7.71. The average molecular weight is 466 g/mol. The third-order valence-corrected chi connectivity index (χ3v) is 8.48. The van der Waals surface area contributed by atoms with Crippen LogP contribution in [0.2, 0.25) is 5.02 Å². The molecule has 11 heteroatoms. The second-order valence-electron chi connectivity index (χ2n) is 6.69. The largest absolute Gasteiger partial charge is 0.335 e. The molecular weight excluding hydrogens is 450 g/mol. The number of carbonyl (C=O) groups excluding carboxylic acids is 1. The first-order chi connectivity index (χ1) is 14.3. The summed E-state index contributed by atoms with van der Waals surface area (Å²) in [5.41, 5.74) is -0.288. The maximum atomic E-state index is 12.9. The van der Waals surface area contributed by atoms with Crippen LogP contribution in [0.1, 0.15) is 9.67 Å². The van der Waals surface area contributed by atoms with Crippen LogP contribution >= 0.6 is 22.9 Å². The van der Waals surface area contributed by atoms with Gasteiger partial charge in [0, 0.05) is 48.4 Å². The Hall–Kier alpha value is -2.53. The summed E-state index contributed by atoms with van der Waals surface area (Å²) < 4.78 is 27.9. The van der Waals surface area contributed by atoms with Gasteiger partial charge in [0.25, 0.3) is 11.6 Å². The van der Waals surface area contributed by atoms with Crippen molar-refractivity contribution < 1.29 is 18.1 Å². The van der Waals surface area contributed by atoms with Crippen molar-refractivity contribution in [1.29, 1.82) is 0 Å². The molecule has 0 radical (unpaired) electrons. The van der Waals surface area contributed by atoms with Crippen LogP contribution in [0.4, 0.5) is 5.69 Å². The van der Waals surface area contributed by atoms with Crippen LogP contribution in [-0.2, 0) is 10.0 Å². The Bertz CT molecular complexity index is 1250. The lowest BCUT2D eigenvalue weighted by Gasteiger charge is -2.33. The Kier molecular flexibility index (Phi) is 5.49. The number of piperazine rings is 1. The molecule has 0 spiro atoms. The number of fused-ring (bicyclic) bond motifs is 1. The maximum Gasteiger partial charge on any atom is 0.270 e. The van der Waals surface area contributed by atoms with Crippen LogP contribution in [0.5, 0.6) is 0 Å². The van der Waals surface area contributed by atoms with Gasteiger partial charge in [-0.05, 0) is 12.1 Å². The van der Waals surface area contributed by atoms with E-state index in [0.717, 1.165) is 16.2 Å². The second kappa shape index (κ2) is 7.95. The highest BCUT2D eigenvalue weighted by Crippen LogP contribution is 2.36. The zero-order valence-electron chi connectivity index (χ0n) is 15.5. The smallest absolute Gasteiger partial charge is 0.270 e. The van der Waals surface area contributed by atoms with Crippen molar-refractivity contribution in [1.82, 2.24) is 9.21 Å². The van der Waals surface area contributed by atoms with Crippen molar-refractivity contribution >= 4 is 54.6 Å². The number of sulfonamides is 1. The van der Waals surface area contributed by atoms with E-state index in [-0.39, 0.29) is 42.7 Å². The quantitative estimate of drug-likeness (QED) is 0.432. The Morgan fingerprint density at radius 3 is 2.43 bits per heavy atom. The molecule has 1 aliphatic heterocycles. The summed E-state index contributed by atoms with van der Waals surface area (Å²) in [5.74, 6) is -0.228. The number of nitro groups is 1. The first kappa shape index (κ1) is 20.7. The number of halogens is 1. The Morgan fingerprint density at radius 2 is 1.77 bits per heavy atom. The van der Waals surface area contributed by atoms with Gasteiger partial charge in [0.05, 0.1) is 14.8 Å². The summed E-state index contributed by atoms with van der Waals surface area (Å²) in [6.07, 6.45) is 0. The van der Waals surface area contributed by atoms with Gasteiger partial charge in [0.1, 0.15) is 4.88 Å². The molecule has 2 aromatic carbocycles. The van der Waals surface area contributed by atoms with Crippen molar-refractivity contribution in [3.63, 3.8) is 0 Å². The number of hydrogen-bond acceptors (Lipinski definition) is 6. The summed E-state index contributed by atoms with van der Waals surface area (Å²) in [4.78, 5) is 25.1. The number of amides is 1. The Morgan fingerprint density at radius 1 is 1.07 bits per heavy atom. The molecule has 4 rings (SSSR count). The molecule has 0 atom stereocenters. The minimum atomic E-state index is -3.89. The Labute approximate surface area is 181 Å². The van der Waals surface area contributed by atoms with Crippen LogP contribution in [0.3, 0.4) is 0 Å². The van der Waals surface area contributed by atoms with E-state index in [4.69, 9.17) is 11.6 Å². The average Bonchev–Trinajstić information content (AvgIpc) is 3.10. The second-order valence-corrected chi connectivity index (χ2v) is 10.1. The molecule has 2 heterocycles. The fraction of sp³-hybridized carbons (Fsp3) is 0.211. The molecule has 1 amide bonds. The SMILES string of the molecule is O=C(c1sc2ccccc2c1Cl)N1CCN(S(=O)(=O)c2cccc([N+](=O)[O-])c2)CC1. The molecule has 1 aromatic heterocycles. The van der Waals surface area contributed by atoms with Gasteiger partial charge in [-0.25, -0.2) is 8.42 Å². The van der Waals surface area contributed by atoms with Gasteiger partial charge in [-0.1, -0.05) is 35.9 Å². The van der Waals surface area contributed by atoms with E-state index < -0.39 is 14.9 Å². The molecule has 0 N–H and O–H groups in total. The molecule has 1 saturated heterocycles.